The van der Waals surface area contributed by atoms with Crippen molar-refractivity contribution >= 4 is 32.7 Å². The molecule has 35 heavy (non-hydrogen) atoms. The minimum atomic E-state index is -0.429. The highest BCUT2D eigenvalue weighted by Gasteiger charge is 2.16. The first kappa shape index (κ1) is 19.4. The van der Waals surface area contributed by atoms with Crippen LogP contribution in [0.25, 0.3) is 55.1 Å². The summed E-state index contributed by atoms with van der Waals surface area (Å²) in [6.45, 7) is 0. The minimum Gasteiger partial charge on any atom is -0.455 e. The summed E-state index contributed by atoms with van der Waals surface area (Å²) < 4.78 is 15.4. The number of benzene rings is 4. The summed E-state index contributed by atoms with van der Waals surface area (Å²) in [6.07, 6.45) is 7.37. The Morgan fingerprint density at radius 3 is 2.34 bits per heavy atom. The van der Waals surface area contributed by atoms with Crippen LogP contribution in [0.4, 0.5) is 0 Å². The monoisotopic (exact) mass is 454 g/mol. The molecule has 7 rings (SSSR count). The largest absolute Gasteiger partial charge is 0.455 e. The average Bonchev–Trinajstić information content (AvgIpc) is 3.30. The zero-order valence-corrected chi connectivity index (χ0v) is 19.6. The highest BCUT2D eigenvalue weighted by atomic mass is 16.3. The molecule has 0 unspecified atom stereocenters. The Labute approximate surface area is 206 Å². The number of furan rings is 1. The number of pyridine rings is 1. The molecule has 4 aromatic carbocycles. The molecular weight excluding hydrogens is 426 g/mol. The van der Waals surface area contributed by atoms with Crippen LogP contribution in [-0.2, 0) is 0 Å². The summed E-state index contributed by atoms with van der Waals surface area (Å²) in [7, 11) is 0. The minimum absolute atomic E-state index is 0.429. The van der Waals surface area contributed by atoms with E-state index in [-0.39, 0.29) is 0 Å². The van der Waals surface area contributed by atoms with Gasteiger partial charge >= 0.3 is 0 Å². The number of nitrogens with zero attached hydrogens (tertiary/aromatic N) is 1. The van der Waals surface area contributed by atoms with Crippen LogP contribution in [0.2, 0.25) is 0 Å². The van der Waals surface area contributed by atoms with Gasteiger partial charge in [-0.3, -0.25) is 4.98 Å². The second kappa shape index (κ2) is 8.39. The third kappa shape index (κ3) is 3.61. The van der Waals surface area contributed by atoms with E-state index in [4.69, 9.17) is 10.8 Å². The quantitative estimate of drug-likeness (QED) is 0.266. The summed E-state index contributed by atoms with van der Waals surface area (Å²) in [6, 6.07) is 31.9. The van der Waals surface area contributed by atoms with Crippen LogP contribution < -0.4 is 0 Å². The van der Waals surface area contributed by atoms with Crippen molar-refractivity contribution in [2.24, 2.45) is 0 Å². The summed E-state index contributed by atoms with van der Waals surface area (Å²) in [5.74, 6) is -0.429. The maximum absolute atomic E-state index is 8.93. The van der Waals surface area contributed by atoms with Crippen LogP contribution >= 0.6 is 0 Å². The van der Waals surface area contributed by atoms with Gasteiger partial charge in [-0.15, -0.1) is 0 Å². The fraction of sp³-hybridized carbons (Fsp3) is 0.182. The Kier molecular flexibility index (Phi) is 4.65. The molecule has 6 aromatic rings. The van der Waals surface area contributed by atoms with Gasteiger partial charge in [0.25, 0.3) is 0 Å². The Balaban J connectivity index is 1.29. The van der Waals surface area contributed by atoms with E-state index in [1.54, 1.807) is 0 Å². The number of hydrogen-bond acceptors (Lipinski definition) is 2. The third-order valence-corrected chi connectivity index (χ3v) is 7.48. The van der Waals surface area contributed by atoms with Gasteiger partial charge in [0, 0.05) is 23.9 Å². The van der Waals surface area contributed by atoms with Crippen molar-refractivity contribution in [3.63, 3.8) is 0 Å². The Morgan fingerprint density at radius 2 is 1.51 bits per heavy atom. The van der Waals surface area contributed by atoms with Gasteiger partial charge in [-0.2, -0.15) is 0 Å². The van der Waals surface area contributed by atoms with Crippen molar-refractivity contribution < 1.29 is 5.79 Å². The second-order valence-electron chi connectivity index (χ2n) is 9.65. The van der Waals surface area contributed by atoms with E-state index < -0.39 is 5.89 Å². The predicted octanol–water partition coefficient (Wildman–Crippen LogP) is 9.52. The summed E-state index contributed by atoms with van der Waals surface area (Å²) >= 11 is 0. The highest BCUT2D eigenvalue weighted by molar-refractivity contribution is 6.13. The van der Waals surface area contributed by atoms with Gasteiger partial charge in [-0.25, -0.2) is 0 Å². The summed E-state index contributed by atoms with van der Waals surface area (Å²) in [5.41, 5.74) is 7.07. The molecule has 1 fully saturated rings. The summed E-state index contributed by atoms with van der Waals surface area (Å²) in [5, 5.41) is 4.63. The van der Waals surface area contributed by atoms with Gasteiger partial charge in [0.05, 0.1) is 5.69 Å². The van der Waals surface area contributed by atoms with Gasteiger partial charge < -0.3 is 4.42 Å². The molecule has 2 aromatic heterocycles. The molecule has 0 radical (unpaired) electrons. The number of hydrogen-bond donors (Lipinski definition) is 0. The predicted molar refractivity (Wildman–Crippen MR) is 146 cm³/mol. The van der Waals surface area contributed by atoms with Gasteiger partial charge in [0.2, 0.25) is 0 Å². The van der Waals surface area contributed by atoms with Crippen LogP contribution in [-0.4, -0.2) is 4.98 Å². The fourth-order valence-corrected chi connectivity index (χ4v) is 5.61. The molecule has 0 N–H and O–H groups in total. The number of rotatable bonds is 3. The van der Waals surface area contributed by atoms with Gasteiger partial charge in [-0.05, 0) is 76.5 Å². The van der Waals surface area contributed by atoms with E-state index in [2.05, 4.69) is 91.0 Å². The third-order valence-electron chi connectivity index (χ3n) is 7.48. The van der Waals surface area contributed by atoms with E-state index in [1.807, 2.05) is 6.20 Å². The highest BCUT2D eigenvalue weighted by Crippen LogP contribution is 2.38. The standard InChI is InChI=1S/C33H27NO/c1-2-7-22(8-3-1)23-13-15-24(16-14-23)27-17-18-34-31(20-27)29-12-6-11-28-30-19-25-9-4-5-10-26(25)21-32(30)35-33(28)29/h4-6,9-22H,1-3,7-8H2/i22D. The average molecular weight is 455 g/mol. The molecule has 0 aliphatic heterocycles. The molecule has 2 nitrogen and oxygen atoms in total. The van der Waals surface area contributed by atoms with Gasteiger partial charge in [-0.1, -0.05) is 79.9 Å². The molecule has 1 aliphatic carbocycles. The zero-order valence-electron chi connectivity index (χ0n) is 20.6. The number of para-hydroxylation sites is 1. The molecule has 0 atom stereocenters. The van der Waals surface area contributed by atoms with Crippen LogP contribution in [0.1, 0.15) is 44.9 Å². The summed E-state index contributed by atoms with van der Waals surface area (Å²) in [4.78, 5) is 4.72. The zero-order chi connectivity index (χ0) is 24.1. The smallest absolute Gasteiger partial charge is 0.144 e. The van der Waals surface area contributed by atoms with Crippen LogP contribution in [0.15, 0.2) is 102 Å². The van der Waals surface area contributed by atoms with Crippen molar-refractivity contribution in [2.75, 3.05) is 0 Å². The van der Waals surface area contributed by atoms with Crippen molar-refractivity contribution in [2.45, 2.75) is 38.0 Å². The molecule has 0 spiro atoms. The van der Waals surface area contributed by atoms with Crippen molar-refractivity contribution in [1.29, 1.82) is 0 Å². The normalized spacial score (nSPS) is 16.1. The van der Waals surface area contributed by atoms with Crippen LogP contribution in [0.5, 0.6) is 0 Å². The SMILES string of the molecule is [2H]C1(c2ccc(-c3ccnc(-c4cccc5c4oc4cc6ccccc6cc45)c3)cc2)CCCCC1. The van der Waals surface area contributed by atoms with E-state index in [0.717, 1.165) is 75.6 Å². The lowest BCUT2D eigenvalue weighted by Gasteiger charge is -2.22. The maximum atomic E-state index is 8.93. The molecule has 0 bridgehead atoms. The van der Waals surface area contributed by atoms with E-state index in [0.29, 0.717) is 0 Å². The first-order chi connectivity index (χ1) is 17.7. The molecule has 2 heterocycles. The lowest BCUT2D eigenvalue weighted by atomic mass is 9.84. The topological polar surface area (TPSA) is 26.0 Å². The molecule has 2 heteroatoms. The van der Waals surface area contributed by atoms with E-state index in [9.17, 15) is 0 Å². The first-order valence-electron chi connectivity index (χ1n) is 13.1. The Hall–Kier alpha value is -3.91. The fourth-order valence-electron chi connectivity index (χ4n) is 5.61. The van der Waals surface area contributed by atoms with Crippen molar-refractivity contribution in [3.8, 4) is 22.4 Å². The van der Waals surface area contributed by atoms with Gasteiger partial charge in [0.1, 0.15) is 11.2 Å². The van der Waals surface area contributed by atoms with E-state index >= 15 is 0 Å². The molecule has 1 aliphatic rings. The maximum Gasteiger partial charge on any atom is 0.144 e. The lowest BCUT2D eigenvalue weighted by molar-refractivity contribution is 0.443. The van der Waals surface area contributed by atoms with Crippen LogP contribution in [0, 0.1) is 0 Å². The number of aromatic nitrogens is 1. The van der Waals surface area contributed by atoms with Crippen LogP contribution in [0.3, 0.4) is 0 Å². The van der Waals surface area contributed by atoms with E-state index in [1.165, 1.54) is 17.2 Å². The number of fused-ring (bicyclic) bond motifs is 4. The Morgan fingerprint density at radius 1 is 0.714 bits per heavy atom. The lowest BCUT2D eigenvalue weighted by Crippen LogP contribution is -2.04. The molecule has 0 saturated heterocycles. The second-order valence-corrected chi connectivity index (χ2v) is 9.65. The van der Waals surface area contributed by atoms with Crippen molar-refractivity contribution in [3.05, 3.63) is 103 Å². The molecule has 1 saturated carbocycles. The first-order valence-corrected chi connectivity index (χ1v) is 12.6. The molecular formula is C33H27NO. The van der Waals surface area contributed by atoms with Crippen molar-refractivity contribution in [1.82, 2.24) is 4.98 Å². The molecule has 170 valence electrons. The Bertz CT molecular complexity index is 1720. The molecule has 0 amide bonds. The van der Waals surface area contributed by atoms with Gasteiger partial charge in [0.15, 0.2) is 0 Å².